The maximum atomic E-state index is 12.9. The summed E-state index contributed by atoms with van der Waals surface area (Å²) in [7, 11) is 0. The van der Waals surface area contributed by atoms with Crippen LogP contribution in [0.3, 0.4) is 0 Å². The van der Waals surface area contributed by atoms with Gasteiger partial charge in [-0.2, -0.15) is 0 Å². The van der Waals surface area contributed by atoms with Crippen molar-refractivity contribution < 1.29 is 9.21 Å². The Balaban J connectivity index is 1.61. The van der Waals surface area contributed by atoms with Crippen LogP contribution in [0.2, 0.25) is 0 Å². The molecule has 1 N–H and O–H groups in total. The number of carbonyl (C=O) groups is 1. The Kier molecular flexibility index (Phi) is 3.64. The van der Waals surface area contributed by atoms with E-state index < -0.39 is 0 Å². The van der Waals surface area contributed by atoms with Crippen molar-refractivity contribution in [3.8, 4) is 0 Å². The van der Waals surface area contributed by atoms with Gasteiger partial charge in [-0.15, -0.1) is 0 Å². The Hall–Kier alpha value is -1.88. The quantitative estimate of drug-likeness (QED) is 0.921. The molecule has 5 nitrogen and oxygen atoms in total. The lowest BCUT2D eigenvalue weighted by Crippen LogP contribution is -2.57. The van der Waals surface area contributed by atoms with Crippen molar-refractivity contribution in [1.29, 1.82) is 0 Å². The number of hydrogen-bond donors (Lipinski definition) is 1. The molecular weight excluding hydrogens is 302 g/mol. The number of piperidine rings is 3. The van der Waals surface area contributed by atoms with Crippen molar-refractivity contribution in [2.24, 2.45) is 5.92 Å². The second kappa shape index (κ2) is 5.59. The summed E-state index contributed by atoms with van der Waals surface area (Å²) >= 11 is 0. The molecule has 3 aliphatic rings. The van der Waals surface area contributed by atoms with Gasteiger partial charge in [0.15, 0.2) is 5.58 Å². The summed E-state index contributed by atoms with van der Waals surface area (Å²) in [6.07, 6.45) is 2.38. The van der Waals surface area contributed by atoms with Crippen molar-refractivity contribution in [2.75, 3.05) is 19.6 Å². The van der Waals surface area contributed by atoms with E-state index in [0.717, 1.165) is 6.54 Å². The van der Waals surface area contributed by atoms with Gasteiger partial charge in [0.25, 0.3) is 5.91 Å². The average Bonchev–Trinajstić information content (AvgIpc) is 3.00. The number of nitrogens with zero attached hydrogens (tertiary/aromatic N) is 2. The van der Waals surface area contributed by atoms with Crippen molar-refractivity contribution in [3.63, 3.8) is 0 Å². The Morgan fingerprint density at radius 1 is 1.29 bits per heavy atom. The minimum absolute atomic E-state index is 0.0342. The van der Waals surface area contributed by atoms with Crippen molar-refractivity contribution in [3.05, 3.63) is 29.7 Å². The summed E-state index contributed by atoms with van der Waals surface area (Å²) in [6, 6.07) is 5.84. The monoisotopic (exact) mass is 327 g/mol. The standard InChI is InChI=1S/C19H25N3O2/c1-19(2,3)18-21-16-13(5-4-6-15(16)24-18)17(23)20-14-11-22-9-7-12(14)8-10-22/h4-6,12,14H,7-11H2,1-3H3,(H,20,23). The Labute approximate surface area is 142 Å². The number of rotatable bonds is 2. The summed E-state index contributed by atoms with van der Waals surface area (Å²) in [5.74, 6) is 1.24. The molecule has 0 saturated carbocycles. The predicted octanol–water partition coefficient (Wildman–Crippen LogP) is 2.95. The summed E-state index contributed by atoms with van der Waals surface area (Å²) in [6.45, 7) is 9.49. The van der Waals surface area contributed by atoms with Gasteiger partial charge in [-0.05, 0) is 44.0 Å². The number of hydrogen-bond acceptors (Lipinski definition) is 4. The van der Waals surface area contributed by atoms with Crippen LogP contribution in [0.15, 0.2) is 22.6 Å². The van der Waals surface area contributed by atoms with E-state index in [1.807, 2.05) is 18.2 Å². The summed E-state index contributed by atoms with van der Waals surface area (Å²) in [5.41, 5.74) is 1.79. The van der Waals surface area contributed by atoms with Crippen molar-refractivity contribution in [1.82, 2.24) is 15.2 Å². The largest absolute Gasteiger partial charge is 0.440 e. The number of para-hydroxylation sites is 1. The number of nitrogens with one attached hydrogen (secondary N) is 1. The fraction of sp³-hybridized carbons (Fsp3) is 0.579. The number of aromatic nitrogens is 1. The van der Waals surface area contributed by atoms with E-state index in [1.54, 1.807) is 0 Å². The molecule has 3 saturated heterocycles. The molecule has 5 rings (SSSR count). The molecule has 0 aliphatic carbocycles. The predicted molar refractivity (Wildman–Crippen MR) is 93.1 cm³/mol. The molecule has 3 fully saturated rings. The molecular formula is C19H25N3O2. The molecule has 0 radical (unpaired) electrons. The van der Waals surface area contributed by atoms with Crippen LogP contribution in [0.5, 0.6) is 0 Å². The van der Waals surface area contributed by atoms with E-state index in [0.29, 0.717) is 28.5 Å². The lowest BCUT2D eigenvalue weighted by atomic mass is 9.84. The Morgan fingerprint density at radius 3 is 2.67 bits per heavy atom. The number of fused-ring (bicyclic) bond motifs is 4. The molecule has 24 heavy (non-hydrogen) atoms. The minimum atomic E-state index is -0.178. The van der Waals surface area contributed by atoms with Gasteiger partial charge in [-0.3, -0.25) is 4.79 Å². The maximum Gasteiger partial charge on any atom is 0.253 e. The zero-order valence-electron chi connectivity index (χ0n) is 14.6. The van der Waals surface area contributed by atoms with Crippen LogP contribution in [0, 0.1) is 5.92 Å². The van der Waals surface area contributed by atoms with Gasteiger partial charge in [0.2, 0.25) is 5.89 Å². The SMILES string of the molecule is CC(C)(C)c1nc2c(C(=O)NC3CN4CCC3CC4)cccc2o1. The highest BCUT2D eigenvalue weighted by Gasteiger charge is 2.35. The fourth-order valence-corrected chi connectivity index (χ4v) is 3.83. The molecule has 1 aromatic heterocycles. The number of benzene rings is 1. The first-order valence-corrected chi connectivity index (χ1v) is 8.85. The molecule has 2 bridgehead atoms. The minimum Gasteiger partial charge on any atom is -0.440 e. The van der Waals surface area contributed by atoms with Gasteiger partial charge in [-0.1, -0.05) is 26.8 Å². The van der Waals surface area contributed by atoms with Gasteiger partial charge in [-0.25, -0.2) is 4.98 Å². The second-order valence-corrected chi connectivity index (χ2v) is 8.14. The van der Waals surface area contributed by atoms with Gasteiger partial charge < -0.3 is 14.6 Å². The van der Waals surface area contributed by atoms with Crippen LogP contribution in [0.4, 0.5) is 0 Å². The summed E-state index contributed by atoms with van der Waals surface area (Å²) in [4.78, 5) is 19.9. The highest BCUT2D eigenvalue weighted by Crippen LogP contribution is 2.29. The van der Waals surface area contributed by atoms with Crippen LogP contribution in [-0.2, 0) is 5.41 Å². The number of carbonyl (C=O) groups excluding carboxylic acids is 1. The fourth-order valence-electron chi connectivity index (χ4n) is 3.83. The third-order valence-electron chi connectivity index (χ3n) is 5.28. The molecule has 1 atom stereocenters. The van der Waals surface area contributed by atoms with Crippen LogP contribution >= 0.6 is 0 Å². The average molecular weight is 327 g/mol. The Morgan fingerprint density at radius 2 is 2.04 bits per heavy atom. The number of amides is 1. The van der Waals surface area contributed by atoms with E-state index in [-0.39, 0.29) is 17.4 Å². The lowest BCUT2D eigenvalue weighted by molar-refractivity contribution is 0.0621. The van der Waals surface area contributed by atoms with E-state index in [4.69, 9.17) is 4.42 Å². The zero-order valence-corrected chi connectivity index (χ0v) is 14.6. The molecule has 0 spiro atoms. The third-order valence-corrected chi connectivity index (χ3v) is 5.28. The highest BCUT2D eigenvalue weighted by atomic mass is 16.3. The summed E-state index contributed by atoms with van der Waals surface area (Å²) < 4.78 is 5.86. The van der Waals surface area contributed by atoms with Crippen LogP contribution in [0.25, 0.3) is 11.1 Å². The molecule has 1 amide bonds. The smallest absolute Gasteiger partial charge is 0.253 e. The first-order chi connectivity index (χ1) is 11.4. The highest BCUT2D eigenvalue weighted by molar-refractivity contribution is 6.04. The van der Waals surface area contributed by atoms with Crippen LogP contribution < -0.4 is 5.32 Å². The molecule has 128 valence electrons. The topological polar surface area (TPSA) is 58.4 Å². The van der Waals surface area contributed by atoms with E-state index >= 15 is 0 Å². The molecule has 1 unspecified atom stereocenters. The Bertz CT molecular complexity index is 767. The normalized spacial score (nSPS) is 26.7. The van der Waals surface area contributed by atoms with Crippen LogP contribution in [0.1, 0.15) is 49.9 Å². The molecule has 5 heteroatoms. The van der Waals surface area contributed by atoms with E-state index in [2.05, 4.69) is 36.0 Å². The van der Waals surface area contributed by atoms with Crippen LogP contribution in [-0.4, -0.2) is 41.5 Å². The van der Waals surface area contributed by atoms with E-state index in [1.165, 1.54) is 25.9 Å². The van der Waals surface area contributed by atoms with Gasteiger partial charge in [0.05, 0.1) is 5.56 Å². The second-order valence-electron chi connectivity index (χ2n) is 8.14. The lowest BCUT2D eigenvalue weighted by Gasteiger charge is -2.44. The molecule has 3 aliphatic heterocycles. The first-order valence-electron chi connectivity index (χ1n) is 8.85. The maximum absolute atomic E-state index is 12.9. The van der Waals surface area contributed by atoms with Crippen molar-refractivity contribution in [2.45, 2.75) is 45.1 Å². The first kappa shape index (κ1) is 15.6. The molecule has 4 heterocycles. The zero-order chi connectivity index (χ0) is 16.9. The van der Waals surface area contributed by atoms with Gasteiger partial charge >= 0.3 is 0 Å². The molecule has 2 aromatic rings. The van der Waals surface area contributed by atoms with Gasteiger partial charge in [0, 0.05) is 18.0 Å². The van der Waals surface area contributed by atoms with E-state index in [9.17, 15) is 4.79 Å². The van der Waals surface area contributed by atoms with Gasteiger partial charge in [0.1, 0.15) is 5.52 Å². The molecule has 1 aromatic carbocycles. The van der Waals surface area contributed by atoms with Crippen molar-refractivity contribution >= 4 is 17.0 Å². The number of oxazole rings is 1. The third kappa shape index (κ3) is 2.71. The summed E-state index contributed by atoms with van der Waals surface area (Å²) in [5, 5.41) is 3.24.